The Balaban J connectivity index is 2.51. The van der Waals surface area contributed by atoms with Crippen LogP contribution in [0, 0.1) is 0 Å². The van der Waals surface area contributed by atoms with Gasteiger partial charge in [0, 0.05) is 11.6 Å². The van der Waals surface area contributed by atoms with Crippen molar-refractivity contribution >= 4 is 11.3 Å². The first kappa shape index (κ1) is 11.4. The zero-order chi connectivity index (χ0) is 10.6. The van der Waals surface area contributed by atoms with Gasteiger partial charge < -0.3 is 14.9 Å². The number of ether oxygens (including phenoxy) is 1. The van der Waals surface area contributed by atoms with E-state index in [1.807, 2.05) is 0 Å². The Kier molecular flexibility index (Phi) is 4.27. The molecule has 1 heterocycles. The van der Waals surface area contributed by atoms with Gasteiger partial charge in [0.25, 0.3) is 5.19 Å². The van der Waals surface area contributed by atoms with E-state index in [1.165, 1.54) is 11.3 Å². The zero-order valence-corrected chi connectivity index (χ0v) is 8.86. The van der Waals surface area contributed by atoms with E-state index in [0.29, 0.717) is 5.19 Å². The molecule has 14 heavy (non-hydrogen) atoms. The third-order valence-electron chi connectivity index (χ3n) is 1.48. The zero-order valence-electron chi connectivity index (χ0n) is 8.04. The van der Waals surface area contributed by atoms with Gasteiger partial charge in [0.05, 0.1) is 0 Å². The van der Waals surface area contributed by atoms with Crippen LogP contribution in [0.15, 0.2) is 11.6 Å². The van der Waals surface area contributed by atoms with Crippen molar-refractivity contribution in [3.63, 3.8) is 0 Å². The minimum Gasteiger partial charge on any atom is -0.448 e. The summed E-state index contributed by atoms with van der Waals surface area (Å²) in [6.07, 6.45) is -0.509. The van der Waals surface area contributed by atoms with Crippen LogP contribution < -0.4 is 10.1 Å². The summed E-state index contributed by atoms with van der Waals surface area (Å²) in [5, 5.41) is 23.3. The predicted molar refractivity (Wildman–Crippen MR) is 53.0 cm³/mol. The van der Waals surface area contributed by atoms with E-state index >= 15 is 0 Å². The van der Waals surface area contributed by atoms with E-state index in [1.54, 1.807) is 25.4 Å². The Morgan fingerprint density at radius 3 is 2.64 bits per heavy atom. The summed E-state index contributed by atoms with van der Waals surface area (Å²) in [6.45, 7) is 3.13. The number of aliphatic hydroxyl groups is 2. The van der Waals surface area contributed by atoms with E-state index in [2.05, 4.69) is 10.3 Å². The molecule has 1 aromatic rings. The van der Waals surface area contributed by atoms with Crippen molar-refractivity contribution < 1.29 is 14.9 Å². The predicted octanol–water partition coefficient (Wildman–Crippen LogP) is 0.157. The molecule has 0 radical (unpaired) electrons. The molecule has 0 aliphatic heterocycles. The van der Waals surface area contributed by atoms with Crippen molar-refractivity contribution in [2.75, 3.05) is 0 Å². The lowest BCUT2D eigenvalue weighted by molar-refractivity contribution is -0.0104. The highest BCUT2D eigenvalue weighted by Crippen LogP contribution is 2.15. The fourth-order valence-corrected chi connectivity index (χ4v) is 1.41. The largest absolute Gasteiger partial charge is 0.448 e. The van der Waals surface area contributed by atoms with Gasteiger partial charge in [-0.1, -0.05) is 11.3 Å². The fourth-order valence-electron chi connectivity index (χ4n) is 0.887. The van der Waals surface area contributed by atoms with E-state index in [0.717, 1.165) is 0 Å². The molecule has 0 amide bonds. The summed E-state index contributed by atoms with van der Waals surface area (Å²) in [4.78, 5) is 3.91. The number of nitrogens with zero attached hydrogens (tertiary/aromatic N) is 1. The second-order valence-corrected chi connectivity index (χ2v) is 3.78. The molecule has 0 spiro atoms. The summed E-state index contributed by atoms with van der Waals surface area (Å²) >= 11 is 1.33. The third-order valence-corrected chi connectivity index (χ3v) is 2.14. The molecular weight excluding hydrogens is 204 g/mol. The molecule has 1 rings (SSSR count). The van der Waals surface area contributed by atoms with Crippen LogP contribution in [-0.2, 0) is 0 Å². The summed E-state index contributed by atoms with van der Waals surface area (Å²) in [6, 6.07) is 0. The Hall–Kier alpha value is -0.690. The lowest BCUT2D eigenvalue weighted by Gasteiger charge is -2.22. The number of nitrogens with one attached hydrogen (secondary N) is 1. The van der Waals surface area contributed by atoms with E-state index < -0.39 is 18.6 Å². The van der Waals surface area contributed by atoms with Crippen molar-refractivity contribution in [1.82, 2.24) is 10.3 Å². The van der Waals surface area contributed by atoms with Crippen LogP contribution in [-0.4, -0.2) is 33.8 Å². The Morgan fingerprint density at radius 1 is 1.50 bits per heavy atom. The molecule has 80 valence electrons. The molecule has 0 saturated carbocycles. The van der Waals surface area contributed by atoms with Gasteiger partial charge in [-0.25, -0.2) is 4.98 Å². The molecule has 0 saturated heterocycles. The van der Waals surface area contributed by atoms with Gasteiger partial charge in [0.1, 0.15) is 12.3 Å². The molecule has 0 aliphatic rings. The molecule has 0 aliphatic carbocycles. The quantitative estimate of drug-likeness (QED) is 0.614. The molecule has 3 atom stereocenters. The van der Waals surface area contributed by atoms with Crippen molar-refractivity contribution in [3.05, 3.63) is 11.6 Å². The number of aliphatic hydroxyl groups excluding tert-OH is 2. The lowest BCUT2D eigenvalue weighted by Crippen LogP contribution is -2.47. The van der Waals surface area contributed by atoms with Gasteiger partial charge in [0.2, 0.25) is 0 Å². The highest BCUT2D eigenvalue weighted by atomic mass is 32.1. The monoisotopic (exact) mass is 218 g/mol. The number of hydrogen-bond acceptors (Lipinski definition) is 6. The van der Waals surface area contributed by atoms with Crippen LogP contribution in [0.25, 0.3) is 0 Å². The van der Waals surface area contributed by atoms with Crippen LogP contribution in [0.5, 0.6) is 5.19 Å². The van der Waals surface area contributed by atoms with E-state index in [9.17, 15) is 5.11 Å². The number of thiazole rings is 1. The Bertz CT molecular complexity index is 251. The second-order valence-electron chi connectivity index (χ2n) is 2.92. The molecular formula is C8H14N2O3S. The molecule has 3 N–H and O–H groups in total. The molecule has 6 heteroatoms. The average molecular weight is 218 g/mol. The third kappa shape index (κ3) is 3.59. The van der Waals surface area contributed by atoms with Gasteiger partial charge >= 0.3 is 0 Å². The molecule has 1 aromatic heterocycles. The molecule has 0 bridgehead atoms. The highest BCUT2D eigenvalue weighted by Gasteiger charge is 2.18. The molecule has 0 fully saturated rings. The minimum absolute atomic E-state index is 0.462. The summed E-state index contributed by atoms with van der Waals surface area (Å²) in [5.74, 6) is 0. The first-order valence-electron chi connectivity index (χ1n) is 4.28. The maximum absolute atomic E-state index is 9.34. The van der Waals surface area contributed by atoms with E-state index in [4.69, 9.17) is 9.84 Å². The normalized spacial score (nSPS) is 17.4. The SMILES string of the molecule is CC(O)NC(Oc1nccs1)C(C)O. The number of rotatable bonds is 5. The van der Waals surface area contributed by atoms with Crippen LogP contribution in [0.3, 0.4) is 0 Å². The Morgan fingerprint density at radius 2 is 2.21 bits per heavy atom. The number of hydrogen-bond donors (Lipinski definition) is 3. The van der Waals surface area contributed by atoms with Crippen molar-refractivity contribution in [2.45, 2.75) is 32.4 Å². The smallest absolute Gasteiger partial charge is 0.274 e. The van der Waals surface area contributed by atoms with Crippen LogP contribution >= 0.6 is 11.3 Å². The van der Waals surface area contributed by atoms with Gasteiger partial charge in [-0.15, -0.1) is 0 Å². The highest BCUT2D eigenvalue weighted by molar-refractivity contribution is 7.11. The average Bonchev–Trinajstić information content (AvgIpc) is 2.54. The first-order chi connectivity index (χ1) is 6.59. The number of aromatic nitrogens is 1. The van der Waals surface area contributed by atoms with Crippen LogP contribution in [0.1, 0.15) is 13.8 Å². The maximum Gasteiger partial charge on any atom is 0.274 e. The Labute approximate surface area is 86.4 Å². The minimum atomic E-state index is -0.741. The summed E-state index contributed by atoms with van der Waals surface area (Å²) in [7, 11) is 0. The van der Waals surface area contributed by atoms with Crippen LogP contribution in [0.2, 0.25) is 0 Å². The first-order valence-corrected chi connectivity index (χ1v) is 5.16. The fraction of sp³-hybridized carbons (Fsp3) is 0.625. The van der Waals surface area contributed by atoms with Crippen molar-refractivity contribution in [1.29, 1.82) is 0 Å². The second kappa shape index (κ2) is 5.26. The topological polar surface area (TPSA) is 74.6 Å². The molecule has 0 aromatic carbocycles. The van der Waals surface area contributed by atoms with Gasteiger partial charge in [-0.05, 0) is 13.8 Å². The maximum atomic E-state index is 9.34. The van der Waals surface area contributed by atoms with Gasteiger partial charge in [-0.2, -0.15) is 0 Å². The van der Waals surface area contributed by atoms with Gasteiger partial charge in [0.15, 0.2) is 6.23 Å². The lowest BCUT2D eigenvalue weighted by atomic mass is 10.3. The van der Waals surface area contributed by atoms with Gasteiger partial charge in [-0.3, -0.25) is 5.32 Å². The van der Waals surface area contributed by atoms with Crippen molar-refractivity contribution in [2.24, 2.45) is 0 Å². The van der Waals surface area contributed by atoms with Crippen molar-refractivity contribution in [3.8, 4) is 5.19 Å². The molecule has 5 nitrogen and oxygen atoms in total. The molecule has 3 unspecified atom stereocenters. The summed E-state index contributed by atoms with van der Waals surface area (Å²) < 4.78 is 5.31. The summed E-state index contributed by atoms with van der Waals surface area (Å²) in [5.41, 5.74) is 0. The van der Waals surface area contributed by atoms with E-state index in [-0.39, 0.29) is 0 Å². The van der Waals surface area contributed by atoms with Crippen LogP contribution in [0.4, 0.5) is 0 Å². The standard InChI is InChI=1S/C8H14N2O3S/c1-5(11)7(10-6(2)12)13-8-9-3-4-14-8/h3-7,10-12H,1-2H3.